The minimum atomic E-state index is -1.13. The van der Waals surface area contributed by atoms with Gasteiger partial charge in [-0.15, -0.1) is 0 Å². The lowest BCUT2D eigenvalue weighted by atomic mass is 10.1. The maximum absolute atomic E-state index is 13.2. The van der Waals surface area contributed by atoms with Crippen LogP contribution in [0.2, 0.25) is 5.02 Å². The van der Waals surface area contributed by atoms with Crippen LogP contribution in [0.3, 0.4) is 0 Å². The molecule has 0 aliphatic heterocycles. The first-order valence-corrected chi connectivity index (χ1v) is 4.16. The number of ether oxygens (including phenoxy) is 1. The maximum Gasteiger partial charge on any atom is 0.308 e. The molecule has 1 rings (SSSR count). The molecule has 0 heterocycles. The summed E-state index contributed by atoms with van der Waals surface area (Å²) in [6.45, 7) is 0. The van der Waals surface area contributed by atoms with E-state index in [4.69, 9.17) is 21.4 Å². The molecule has 0 aliphatic carbocycles. The van der Waals surface area contributed by atoms with Crippen molar-refractivity contribution >= 4 is 17.6 Å². The Hall–Kier alpha value is -1.29. The van der Waals surface area contributed by atoms with Crippen LogP contribution >= 0.6 is 11.6 Å². The monoisotopic (exact) mass is 218 g/mol. The van der Waals surface area contributed by atoms with Gasteiger partial charge in [0.1, 0.15) is 11.6 Å². The molecule has 1 aromatic carbocycles. The molecule has 0 amide bonds. The van der Waals surface area contributed by atoms with Gasteiger partial charge in [0.15, 0.2) is 0 Å². The molecular formula is C9H8ClFO3. The number of hydrogen-bond acceptors (Lipinski definition) is 2. The van der Waals surface area contributed by atoms with Gasteiger partial charge in [0, 0.05) is 5.56 Å². The van der Waals surface area contributed by atoms with Gasteiger partial charge in [-0.25, -0.2) is 4.39 Å². The van der Waals surface area contributed by atoms with Gasteiger partial charge in [-0.1, -0.05) is 11.6 Å². The number of carbonyl (C=O) groups is 1. The molecule has 3 nitrogen and oxygen atoms in total. The molecule has 0 atom stereocenters. The molecule has 0 unspecified atom stereocenters. The van der Waals surface area contributed by atoms with Crippen molar-refractivity contribution in [2.45, 2.75) is 6.42 Å². The first-order valence-electron chi connectivity index (χ1n) is 3.79. The second-order valence-electron chi connectivity index (χ2n) is 2.61. The lowest BCUT2D eigenvalue weighted by Gasteiger charge is -2.09. The number of aliphatic carboxylic acids is 1. The van der Waals surface area contributed by atoms with E-state index in [1.54, 1.807) is 0 Å². The molecule has 1 aromatic rings. The highest BCUT2D eigenvalue weighted by Gasteiger charge is 2.15. The third-order valence-electron chi connectivity index (χ3n) is 1.69. The first kappa shape index (κ1) is 10.8. The number of benzene rings is 1. The molecule has 5 heteroatoms. The van der Waals surface area contributed by atoms with Crippen molar-refractivity contribution in [1.29, 1.82) is 0 Å². The van der Waals surface area contributed by atoms with Crippen LogP contribution in [0.1, 0.15) is 5.56 Å². The first-order chi connectivity index (χ1) is 6.56. The van der Waals surface area contributed by atoms with Crippen molar-refractivity contribution < 1.29 is 19.0 Å². The standard InChI is InChI=1S/C9H8ClFO3/c1-14-9-5(4-8(12)13)7(11)3-2-6(9)10/h2-3H,4H2,1H3,(H,12,13). The fourth-order valence-electron chi connectivity index (χ4n) is 1.11. The van der Waals surface area contributed by atoms with Gasteiger partial charge >= 0.3 is 5.97 Å². The number of rotatable bonds is 3. The molecule has 76 valence electrons. The summed E-state index contributed by atoms with van der Waals surface area (Å²) < 4.78 is 18.0. The van der Waals surface area contributed by atoms with Gasteiger partial charge in [0.2, 0.25) is 0 Å². The highest BCUT2D eigenvalue weighted by Crippen LogP contribution is 2.30. The summed E-state index contributed by atoms with van der Waals surface area (Å²) in [6.07, 6.45) is -0.449. The van der Waals surface area contributed by atoms with Gasteiger partial charge in [0.05, 0.1) is 18.6 Å². The Morgan fingerprint density at radius 2 is 2.29 bits per heavy atom. The molecule has 0 saturated carbocycles. The van der Waals surface area contributed by atoms with E-state index in [1.807, 2.05) is 0 Å². The predicted molar refractivity (Wildman–Crippen MR) is 49.3 cm³/mol. The fraction of sp³-hybridized carbons (Fsp3) is 0.222. The lowest BCUT2D eigenvalue weighted by molar-refractivity contribution is -0.136. The SMILES string of the molecule is COc1c(Cl)ccc(F)c1CC(=O)O. The molecule has 0 aliphatic rings. The highest BCUT2D eigenvalue weighted by molar-refractivity contribution is 6.32. The van der Waals surface area contributed by atoms with Crippen molar-refractivity contribution in [3.05, 3.63) is 28.5 Å². The van der Waals surface area contributed by atoms with E-state index in [9.17, 15) is 9.18 Å². The molecule has 1 N–H and O–H groups in total. The van der Waals surface area contributed by atoms with Crippen LogP contribution in [0.5, 0.6) is 5.75 Å². The van der Waals surface area contributed by atoms with E-state index >= 15 is 0 Å². The van der Waals surface area contributed by atoms with E-state index in [-0.39, 0.29) is 16.3 Å². The number of halogens is 2. The maximum atomic E-state index is 13.2. The molecule has 0 radical (unpaired) electrons. The summed E-state index contributed by atoms with van der Waals surface area (Å²) in [4.78, 5) is 10.4. The number of hydrogen-bond donors (Lipinski definition) is 1. The van der Waals surface area contributed by atoms with E-state index in [0.717, 1.165) is 6.07 Å². The van der Waals surface area contributed by atoms with Crippen LogP contribution in [0.4, 0.5) is 4.39 Å². The van der Waals surface area contributed by atoms with E-state index < -0.39 is 18.2 Å². The van der Waals surface area contributed by atoms with E-state index in [2.05, 4.69) is 0 Å². The molecule has 0 spiro atoms. The van der Waals surface area contributed by atoms with Crippen LogP contribution in [-0.4, -0.2) is 18.2 Å². The summed E-state index contributed by atoms with van der Waals surface area (Å²) >= 11 is 5.70. The molecule has 0 fully saturated rings. The third kappa shape index (κ3) is 2.14. The molecule has 0 saturated heterocycles. The van der Waals surface area contributed by atoms with Crippen LogP contribution in [0.15, 0.2) is 12.1 Å². The average molecular weight is 219 g/mol. The van der Waals surface area contributed by atoms with Crippen LogP contribution in [-0.2, 0) is 11.2 Å². The van der Waals surface area contributed by atoms with Crippen LogP contribution in [0.25, 0.3) is 0 Å². The minimum Gasteiger partial charge on any atom is -0.495 e. The number of carboxylic acids is 1. The Morgan fingerprint density at radius 1 is 1.64 bits per heavy atom. The molecule has 0 aromatic heterocycles. The van der Waals surface area contributed by atoms with E-state index in [0.29, 0.717) is 0 Å². The van der Waals surface area contributed by atoms with Crippen molar-refractivity contribution in [2.75, 3.05) is 7.11 Å². The Morgan fingerprint density at radius 3 is 2.79 bits per heavy atom. The topological polar surface area (TPSA) is 46.5 Å². The summed E-state index contributed by atoms with van der Waals surface area (Å²) in [5, 5.41) is 8.74. The van der Waals surface area contributed by atoms with Gasteiger partial charge in [-0.05, 0) is 12.1 Å². The highest BCUT2D eigenvalue weighted by atomic mass is 35.5. The Kier molecular flexibility index (Phi) is 3.30. The number of carboxylic acid groups (broad SMARTS) is 1. The Balaban J connectivity index is 3.22. The summed E-state index contributed by atoms with van der Waals surface area (Å²) in [5.41, 5.74) is -0.0347. The second-order valence-corrected chi connectivity index (χ2v) is 3.02. The van der Waals surface area contributed by atoms with Crippen molar-refractivity contribution in [2.24, 2.45) is 0 Å². The quantitative estimate of drug-likeness (QED) is 0.845. The van der Waals surface area contributed by atoms with Gasteiger partial charge in [-0.2, -0.15) is 0 Å². The summed E-state index contributed by atoms with van der Waals surface area (Å²) in [5.74, 6) is -1.69. The van der Waals surface area contributed by atoms with Crippen LogP contribution in [0, 0.1) is 5.82 Å². The number of methoxy groups -OCH3 is 1. The van der Waals surface area contributed by atoms with E-state index in [1.165, 1.54) is 13.2 Å². The molecular weight excluding hydrogens is 211 g/mol. The minimum absolute atomic E-state index is 0.0347. The Labute approximate surface area is 85.1 Å². The summed E-state index contributed by atoms with van der Waals surface area (Å²) in [7, 11) is 1.31. The normalized spacial score (nSPS) is 9.93. The van der Waals surface area contributed by atoms with Gasteiger partial charge in [0.25, 0.3) is 0 Å². The van der Waals surface area contributed by atoms with Crippen molar-refractivity contribution in [3.63, 3.8) is 0 Å². The Bertz CT molecular complexity index is 365. The van der Waals surface area contributed by atoms with Gasteiger partial charge in [-0.3, -0.25) is 4.79 Å². The second kappa shape index (κ2) is 4.28. The van der Waals surface area contributed by atoms with Gasteiger partial charge < -0.3 is 9.84 Å². The third-order valence-corrected chi connectivity index (χ3v) is 1.99. The predicted octanol–water partition coefficient (Wildman–Crippen LogP) is 2.11. The zero-order chi connectivity index (χ0) is 10.7. The smallest absolute Gasteiger partial charge is 0.308 e. The fourth-order valence-corrected chi connectivity index (χ4v) is 1.37. The molecule has 0 bridgehead atoms. The van der Waals surface area contributed by atoms with Crippen LogP contribution < -0.4 is 4.74 Å². The zero-order valence-corrected chi connectivity index (χ0v) is 8.14. The van der Waals surface area contributed by atoms with Crippen molar-refractivity contribution in [1.82, 2.24) is 0 Å². The zero-order valence-electron chi connectivity index (χ0n) is 7.38. The molecule has 14 heavy (non-hydrogen) atoms. The van der Waals surface area contributed by atoms with Crippen molar-refractivity contribution in [3.8, 4) is 5.75 Å². The average Bonchev–Trinajstić information content (AvgIpc) is 2.11. The lowest BCUT2D eigenvalue weighted by Crippen LogP contribution is -2.05. The largest absolute Gasteiger partial charge is 0.495 e. The summed E-state index contributed by atoms with van der Waals surface area (Å²) in [6, 6.07) is 2.43.